The van der Waals surface area contributed by atoms with E-state index in [-0.39, 0.29) is 0 Å². The van der Waals surface area contributed by atoms with E-state index >= 15 is 0 Å². The molecular formula is C12H16ClN3. The van der Waals surface area contributed by atoms with Crippen LogP contribution in [0.25, 0.3) is 6.08 Å². The summed E-state index contributed by atoms with van der Waals surface area (Å²) in [6.45, 7) is 2.17. The first kappa shape index (κ1) is 11.4. The highest BCUT2D eigenvalue weighted by Gasteiger charge is 2.13. The predicted molar refractivity (Wildman–Crippen MR) is 67.9 cm³/mol. The van der Waals surface area contributed by atoms with Crippen molar-refractivity contribution in [2.75, 3.05) is 23.9 Å². The molecule has 0 aromatic carbocycles. The molecule has 2 rings (SSSR count). The van der Waals surface area contributed by atoms with Crippen LogP contribution in [0.5, 0.6) is 0 Å². The maximum Gasteiger partial charge on any atom is 0.225 e. The van der Waals surface area contributed by atoms with Gasteiger partial charge in [-0.25, -0.2) is 9.97 Å². The summed E-state index contributed by atoms with van der Waals surface area (Å²) in [6.07, 6.45) is 11.2. The normalized spacial score (nSPS) is 16.2. The van der Waals surface area contributed by atoms with E-state index < -0.39 is 0 Å². The Balaban J connectivity index is 1.98. The van der Waals surface area contributed by atoms with Crippen LogP contribution in [0, 0.1) is 0 Å². The molecule has 0 saturated carbocycles. The molecule has 2 heterocycles. The maximum atomic E-state index is 5.59. The van der Waals surface area contributed by atoms with Crippen molar-refractivity contribution in [3.05, 3.63) is 24.0 Å². The summed E-state index contributed by atoms with van der Waals surface area (Å²) in [5.41, 5.74) is 1.04. The molecule has 0 amide bonds. The van der Waals surface area contributed by atoms with E-state index in [0.717, 1.165) is 31.0 Å². The standard InChI is InChI=1S/C12H16ClN3/c13-6-2-1-5-11-9-14-12(15-10-11)16-7-3-4-8-16/h1,5,9-10H,2-4,6-8H2. The molecule has 1 aromatic rings. The van der Waals surface area contributed by atoms with Crippen LogP contribution in [-0.4, -0.2) is 28.9 Å². The number of hydrogen-bond donors (Lipinski definition) is 0. The Kier molecular flexibility index (Phi) is 4.17. The van der Waals surface area contributed by atoms with Crippen molar-refractivity contribution >= 4 is 23.6 Å². The second kappa shape index (κ2) is 5.85. The van der Waals surface area contributed by atoms with E-state index in [1.165, 1.54) is 12.8 Å². The third kappa shape index (κ3) is 2.95. The van der Waals surface area contributed by atoms with Crippen molar-refractivity contribution in [2.45, 2.75) is 19.3 Å². The summed E-state index contributed by atoms with van der Waals surface area (Å²) in [4.78, 5) is 11.0. The van der Waals surface area contributed by atoms with Crippen molar-refractivity contribution in [2.24, 2.45) is 0 Å². The fourth-order valence-corrected chi connectivity index (χ4v) is 1.91. The lowest BCUT2D eigenvalue weighted by Crippen LogP contribution is -2.20. The minimum atomic E-state index is 0.656. The molecule has 0 atom stereocenters. The Bertz CT molecular complexity index is 342. The molecule has 16 heavy (non-hydrogen) atoms. The van der Waals surface area contributed by atoms with E-state index in [0.29, 0.717) is 5.88 Å². The number of allylic oxidation sites excluding steroid dienone is 1. The Labute approximate surface area is 101 Å². The third-order valence-corrected chi connectivity index (χ3v) is 2.85. The van der Waals surface area contributed by atoms with E-state index in [4.69, 9.17) is 11.6 Å². The Hall–Kier alpha value is -1.09. The summed E-state index contributed by atoms with van der Waals surface area (Å²) >= 11 is 5.59. The lowest BCUT2D eigenvalue weighted by Gasteiger charge is -2.14. The lowest BCUT2D eigenvalue weighted by molar-refractivity contribution is 0.897. The van der Waals surface area contributed by atoms with Crippen LogP contribution in [0.2, 0.25) is 0 Å². The number of alkyl halides is 1. The fourth-order valence-electron chi connectivity index (χ4n) is 1.78. The van der Waals surface area contributed by atoms with Crippen LogP contribution in [0.1, 0.15) is 24.8 Å². The smallest absolute Gasteiger partial charge is 0.225 e. The first-order valence-corrected chi connectivity index (χ1v) is 6.23. The van der Waals surface area contributed by atoms with Crippen molar-refractivity contribution in [3.63, 3.8) is 0 Å². The highest BCUT2D eigenvalue weighted by Crippen LogP contribution is 2.15. The van der Waals surface area contributed by atoms with Gasteiger partial charge in [0.2, 0.25) is 5.95 Å². The molecule has 1 fully saturated rings. The maximum absolute atomic E-state index is 5.59. The molecule has 1 aromatic heterocycles. The summed E-state index contributed by atoms with van der Waals surface area (Å²) in [5, 5.41) is 0. The van der Waals surface area contributed by atoms with Gasteiger partial charge in [0.25, 0.3) is 0 Å². The third-order valence-electron chi connectivity index (χ3n) is 2.63. The van der Waals surface area contributed by atoms with Crippen molar-refractivity contribution in [3.8, 4) is 0 Å². The molecule has 0 spiro atoms. The number of nitrogens with zero attached hydrogens (tertiary/aromatic N) is 3. The molecule has 0 unspecified atom stereocenters. The van der Waals surface area contributed by atoms with Crippen molar-refractivity contribution in [1.82, 2.24) is 9.97 Å². The molecule has 0 N–H and O–H groups in total. The minimum Gasteiger partial charge on any atom is -0.341 e. The van der Waals surface area contributed by atoms with Crippen LogP contribution >= 0.6 is 11.6 Å². The number of hydrogen-bond acceptors (Lipinski definition) is 3. The van der Waals surface area contributed by atoms with Crippen LogP contribution in [0.3, 0.4) is 0 Å². The zero-order valence-corrected chi connectivity index (χ0v) is 10.0. The van der Waals surface area contributed by atoms with Gasteiger partial charge < -0.3 is 4.90 Å². The lowest BCUT2D eigenvalue weighted by atomic mass is 10.3. The second-order valence-electron chi connectivity index (χ2n) is 3.89. The first-order valence-electron chi connectivity index (χ1n) is 5.69. The summed E-state index contributed by atoms with van der Waals surface area (Å²) < 4.78 is 0. The van der Waals surface area contributed by atoms with Gasteiger partial charge in [0, 0.05) is 36.9 Å². The van der Waals surface area contributed by atoms with Gasteiger partial charge in [0.05, 0.1) is 0 Å². The van der Waals surface area contributed by atoms with Gasteiger partial charge in [-0.1, -0.05) is 12.2 Å². The molecule has 0 aliphatic carbocycles. The number of halogens is 1. The van der Waals surface area contributed by atoms with E-state index in [2.05, 4.69) is 14.9 Å². The SMILES string of the molecule is ClCCC=Cc1cnc(N2CCCC2)nc1. The van der Waals surface area contributed by atoms with Gasteiger partial charge in [0.1, 0.15) is 0 Å². The predicted octanol–water partition coefficient (Wildman–Crippen LogP) is 2.72. The van der Waals surface area contributed by atoms with Crippen LogP contribution < -0.4 is 4.90 Å². The fraction of sp³-hybridized carbons (Fsp3) is 0.500. The molecule has 0 radical (unpaired) electrons. The highest BCUT2D eigenvalue weighted by atomic mass is 35.5. The molecule has 4 heteroatoms. The Morgan fingerprint density at radius 2 is 1.94 bits per heavy atom. The molecule has 1 aliphatic heterocycles. The molecular weight excluding hydrogens is 222 g/mol. The minimum absolute atomic E-state index is 0.656. The number of rotatable bonds is 4. The van der Waals surface area contributed by atoms with Crippen LogP contribution in [-0.2, 0) is 0 Å². The quantitative estimate of drug-likeness (QED) is 0.754. The first-order chi connectivity index (χ1) is 7.90. The topological polar surface area (TPSA) is 29.0 Å². The largest absolute Gasteiger partial charge is 0.341 e. The molecule has 0 bridgehead atoms. The number of aromatic nitrogens is 2. The van der Waals surface area contributed by atoms with Crippen LogP contribution in [0.4, 0.5) is 5.95 Å². The van der Waals surface area contributed by atoms with Gasteiger partial charge in [-0.15, -0.1) is 11.6 Å². The van der Waals surface area contributed by atoms with Crippen molar-refractivity contribution < 1.29 is 0 Å². The van der Waals surface area contributed by atoms with Gasteiger partial charge in [0.15, 0.2) is 0 Å². The van der Waals surface area contributed by atoms with E-state index in [1.54, 1.807) is 0 Å². The highest BCUT2D eigenvalue weighted by molar-refractivity contribution is 6.17. The zero-order valence-electron chi connectivity index (χ0n) is 9.27. The van der Waals surface area contributed by atoms with Crippen LogP contribution in [0.15, 0.2) is 18.5 Å². The summed E-state index contributed by atoms with van der Waals surface area (Å²) in [7, 11) is 0. The summed E-state index contributed by atoms with van der Waals surface area (Å²) in [5.74, 6) is 1.51. The van der Waals surface area contributed by atoms with Gasteiger partial charge in [-0.05, 0) is 19.3 Å². The van der Waals surface area contributed by atoms with Crippen molar-refractivity contribution in [1.29, 1.82) is 0 Å². The molecule has 1 saturated heterocycles. The van der Waals surface area contributed by atoms with E-state index in [1.807, 2.05) is 24.5 Å². The zero-order chi connectivity index (χ0) is 11.2. The number of anilines is 1. The average molecular weight is 238 g/mol. The summed E-state index contributed by atoms with van der Waals surface area (Å²) in [6, 6.07) is 0. The van der Waals surface area contributed by atoms with Gasteiger partial charge in [-0.2, -0.15) is 0 Å². The molecule has 1 aliphatic rings. The van der Waals surface area contributed by atoms with Gasteiger partial charge >= 0.3 is 0 Å². The monoisotopic (exact) mass is 237 g/mol. The Morgan fingerprint density at radius 3 is 2.56 bits per heavy atom. The Morgan fingerprint density at radius 1 is 1.25 bits per heavy atom. The van der Waals surface area contributed by atoms with E-state index in [9.17, 15) is 0 Å². The average Bonchev–Trinajstić information content (AvgIpc) is 2.84. The van der Waals surface area contributed by atoms with Gasteiger partial charge in [-0.3, -0.25) is 0 Å². The second-order valence-corrected chi connectivity index (χ2v) is 4.27. The molecule has 86 valence electrons. The molecule has 3 nitrogen and oxygen atoms in total.